The number of hydrogen-bond acceptors (Lipinski definition) is 8. The number of thiazole rings is 1. The van der Waals surface area contributed by atoms with Crippen molar-refractivity contribution < 1.29 is 31.9 Å². The van der Waals surface area contributed by atoms with Crippen molar-refractivity contribution in [2.75, 3.05) is 13.7 Å². The summed E-state index contributed by atoms with van der Waals surface area (Å²) in [5, 5.41) is 4.30. The molecule has 0 spiro atoms. The maximum absolute atomic E-state index is 13.1. The smallest absolute Gasteiger partial charge is 0.439 e. The number of rotatable bonds is 12. The van der Waals surface area contributed by atoms with Gasteiger partial charge in [-0.3, -0.25) is 9.51 Å². The maximum atomic E-state index is 13.1. The topological polar surface area (TPSA) is 99.5 Å². The van der Waals surface area contributed by atoms with Crippen LogP contribution in [-0.4, -0.2) is 28.8 Å². The molecule has 1 N–H and O–H groups in total. The molecule has 12 heteroatoms. The third-order valence-corrected chi connectivity index (χ3v) is 7.41. The zero-order valence-corrected chi connectivity index (χ0v) is 23.3. The Labute approximate surface area is 242 Å². The molecule has 0 unspecified atom stereocenters. The van der Waals surface area contributed by atoms with E-state index in [-0.39, 0.29) is 12.4 Å². The van der Waals surface area contributed by atoms with Crippen LogP contribution in [0.3, 0.4) is 0 Å². The summed E-state index contributed by atoms with van der Waals surface area (Å²) in [7, 11) is 1.48. The van der Waals surface area contributed by atoms with E-state index >= 15 is 0 Å². The molecule has 8 nitrogen and oxygen atoms in total. The molecule has 3 aromatic carbocycles. The van der Waals surface area contributed by atoms with Gasteiger partial charge in [-0.05, 0) is 42.7 Å². The van der Waals surface area contributed by atoms with Crippen LogP contribution in [0.1, 0.15) is 28.1 Å². The molecule has 0 bridgehead atoms. The Kier molecular flexibility index (Phi) is 9.03. The average molecular weight is 598 g/mol. The summed E-state index contributed by atoms with van der Waals surface area (Å²) in [6.07, 6.45) is -3.11. The third-order valence-electron chi connectivity index (χ3n) is 6.29. The normalized spacial score (nSPS) is 11.5. The molecule has 0 fully saturated rings. The van der Waals surface area contributed by atoms with Crippen LogP contribution in [0.25, 0.3) is 22.0 Å². The lowest BCUT2D eigenvalue weighted by molar-refractivity contribution is -0.137. The quantitative estimate of drug-likeness (QED) is 0.156. The summed E-state index contributed by atoms with van der Waals surface area (Å²) in [6, 6.07) is 19.9. The van der Waals surface area contributed by atoms with Gasteiger partial charge in [0, 0.05) is 18.2 Å². The van der Waals surface area contributed by atoms with Crippen LogP contribution in [0.15, 0.2) is 82.1 Å². The molecule has 218 valence electrons. The standard InChI is InChI=1S/C30H26F3N3O5S/c1-38-25-16-22(13-14-23(25)27-35-29(37)41-36-27)40-18-26-24(8-5-15-39-17-19-6-3-2-4-7-19)34-28(42-26)20-9-11-21(12-10-20)30(31,32)33/h2-4,6-7,9-14,16H,5,8,15,17-18H2,1H3,(H,35,36,37). The van der Waals surface area contributed by atoms with E-state index in [9.17, 15) is 18.0 Å². The van der Waals surface area contributed by atoms with E-state index in [1.165, 1.54) is 30.6 Å². The third kappa shape index (κ3) is 7.25. The van der Waals surface area contributed by atoms with Gasteiger partial charge < -0.3 is 14.2 Å². The highest BCUT2D eigenvalue weighted by Gasteiger charge is 2.30. The van der Waals surface area contributed by atoms with Crippen molar-refractivity contribution in [1.82, 2.24) is 15.1 Å². The van der Waals surface area contributed by atoms with Crippen LogP contribution in [0.4, 0.5) is 13.2 Å². The fourth-order valence-electron chi connectivity index (χ4n) is 4.17. The van der Waals surface area contributed by atoms with E-state index in [1.807, 2.05) is 30.3 Å². The number of nitrogens with zero attached hydrogens (tertiary/aromatic N) is 2. The number of aromatic nitrogens is 3. The number of halogens is 3. The number of alkyl halides is 3. The van der Waals surface area contributed by atoms with Crippen molar-refractivity contribution in [3.05, 3.63) is 105 Å². The van der Waals surface area contributed by atoms with Gasteiger partial charge in [0.2, 0.25) is 0 Å². The summed E-state index contributed by atoms with van der Waals surface area (Å²) in [4.78, 5) is 19.4. The van der Waals surface area contributed by atoms with Gasteiger partial charge in [0.15, 0.2) is 5.82 Å². The Morgan fingerprint density at radius 1 is 1.00 bits per heavy atom. The van der Waals surface area contributed by atoms with Crippen LogP contribution in [0, 0.1) is 0 Å². The lowest BCUT2D eigenvalue weighted by Crippen LogP contribution is -2.04. The number of H-pyrrole nitrogens is 1. The Bertz CT molecular complexity index is 1660. The highest BCUT2D eigenvalue weighted by atomic mass is 32.1. The molecular formula is C30H26F3N3O5S. The number of hydrogen-bond donors (Lipinski definition) is 1. The molecule has 0 atom stereocenters. The number of aryl methyl sites for hydroxylation is 1. The highest BCUT2D eigenvalue weighted by molar-refractivity contribution is 7.15. The van der Waals surface area contributed by atoms with Crippen LogP contribution >= 0.6 is 11.3 Å². The Morgan fingerprint density at radius 2 is 1.79 bits per heavy atom. The average Bonchev–Trinajstić information content (AvgIpc) is 3.62. The van der Waals surface area contributed by atoms with Gasteiger partial charge in [0.1, 0.15) is 23.1 Å². The van der Waals surface area contributed by atoms with Crippen LogP contribution in [0.5, 0.6) is 11.5 Å². The summed E-state index contributed by atoms with van der Waals surface area (Å²) < 4.78 is 61.1. The second kappa shape index (κ2) is 13.0. The molecule has 0 saturated carbocycles. The SMILES string of the molecule is COc1cc(OCc2sc(-c3ccc(C(F)(F)F)cc3)nc2CCCOCc2ccccc2)ccc1-c1noc(=O)[nH]1. The first-order valence-electron chi connectivity index (χ1n) is 13.0. The minimum absolute atomic E-state index is 0.182. The van der Waals surface area contributed by atoms with E-state index in [0.717, 1.165) is 28.3 Å². The number of aromatic amines is 1. The molecule has 0 aliphatic rings. The van der Waals surface area contributed by atoms with E-state index in [4.69, 9.17) is 19.2 Å². The minimum Gasteiger partial charge on any atom is -0.496 e. The zero-order valence-electron chi connectivity index (χ0n) is 22.4. The largest absolute Gasteiger partial charge is 0.496 e. The fraction of sp³-hybridized carbons (Fsp3) is 0.233. The monoisotopic (exact) mass is 597 g/mol. The van der Waals surface area contributed by atoms with Crippen molar-refractivity contribution >= 4 is 11.3 Å². The predicted octanol–water partition coefficient (Wildman–Crippen LogP) is 6.91. The van der Waals surface area contributed by atoms with Gasteiger partial charge in [-0.25, -0.2) is 9.78 Å². The second-order valence-electron chi connectivity index (χ2n) is 9.20. The lowest BCUT2D eigenvalue weighted by Gasteiger charge is -2.10. The van der Waals surface area contributed by atoms with Crippen molar-refractivity contribution in [2.45, 2.75) is 32.2 Å². The van der Waals surface area contributed by atoms with Crippen molar-refractivity contribution in [1.29, 1.82) is 0 Å². The van der Waals surface area contributed by atoms with Gasteiger partial charge in [0.05, 0.1) is 35.4 Å². The first-order valence-corrected chi connectivity index (χ1v) is 13.8. The van der Waals surface area contributed by atoms with Gasteiger partial charge in [-0.15, -0.1) is 11.3 Å². The number of nitrogens with one attached hydrogen (secondary N) is 1. The first kappa shape index (κ1) is 29.1. The molecule has 42 heavy (non-hydrogen) atoms. The van der Waals surface area contributed by atoms with Gasteiger partial charge >= 0.3 is 11.9 Å². The van der Waals surface area contributed by atoms with Crippen LogP contribution in [0.2, 0.25) is 0 Å². The molecule has 0 amide bonds. The molecule has 0 saturated heterocycles. The van der Waals surface area contributed by atoms with Crippen LogP contribution in [-0.2, 0) is 30.5 Å². The highest BCUT2D eigenvalue weighted by Crippen LogP contribution is 2.35. The molecule has 2 aromatic heterocycles. The van der Waals surface area contributed by atoms with Crippen LogP contribution < -0.4 is 15.2 Å². The Hall–Kier alpha value is -4.42. The van der Waals surface area contributed by atoms with E-state index in [1.54, 1.807) is 18.2 Å². The summed E-state index contributed by atoms with van der Waals surface area (Å²) in [6.45, 7) is 1.21. The van der Waals surface area contributed by atoms with E-state index in [0.29, 0.717) is 53.7 Å². The molecule has 2 heterocycles. The summed E-state index contributed by atoms with van der Waals surface area (Å²) >= 11 is 1.37. The number of ether oxygens (including phenoxy) is 3. The fourth-order valence-corrected chi connectivity index (χ4v) is 5.20. The van der Waals surface area contributed by atoms with Gasteiger partial charge in [-0.1, -0.05) is 47.6 Å². The Morgan fingerprint density at radius 3 is 2.48 bits per heavy atom. The second-order valence-corrected chi connectivity index (χ2v) is 10.3. The summed E-state index contributed by atoms with van der Waals surface area (Å²) in [5.41, 5.74) is 2.28. The Balaban J connectivity index is 1.31. The number of methoxy groups -OCH3 is 1. The van der Waals surface area contributed by atoms with Crippen molar-refractivity contribution in [3.63, 3.8) is 0 Å². The van der Waals surface area contributed by atoms with E-state index in [2.05, 4.69) is 14.7 Å². The maximum Gasteiger partial charge on any atom is 0.439 e. The molecule has 5 rings (SSSR count). The molecule has 0 aliphatic heterocycles. The summed E-state index contributed by atoms with van der Waals surface area (Å²) in [5.74, 6) is 0.467. The van der Waals surface area contributed by atoms with Crippen molar-refractivity contribution in [2.24, 2.45) is 0 Å². The zero-order chi connectivity index (χ0) is 29.5. The molecule has 5 aromatic rings. The minimum atomic E-state index is -4.41. The first-order chi connectivity index (χ1) is 20.3. The number of benzene rings is 3. The van der Waals surface area contributed by atoms with Crippen molar-refractivity contribution in [3.8, 4) is 33.5 Å². The lowest BCUT2D eigenvalue weighted by atomic mass is 10.1. The van der Waals surface area contributed by atoms with Gasteiger partial charge in [-0.2, -0.15) is 13.2 Å². The predicted molar refractivity (Wildman–Crippen MR) is 150 cm³/mol. The molecule has 0 aliphatic carbocycles. The van der Waals surface area contributed by atoms with Gasteiger partial charge in [0.25, 0.3) is 0 Å². The molecule has 0 radical (unpaired) electrons. The molecular weight excluding hydrogens is 571 g/mol. The van der Waals surface area contributed by atoms with E-state index < -0.39 is 17.5 Å².